The Labute approximate surface area is 289 Å². The molecular weight excluding hydrogens is 621 g/mol. The molecular formula is C39H50FN5O4. The van der Waals surface area contributed by atoms with Gasteiger partial charge >= 0.3 is 0 Å². The number of ether oxygens (including phenoxy) is 1. The molecule has 2 N–H and O–H groups in total. The Morgan fingerprint density at radius 2 is 1.76 bits per heavy atom. The number of carbonyl (C=O) groups is 2. The maximum Gasteiger partial charge on any atom is 0.253 e. The van der Waals surface area contributed by atoms with Gasteiger partial charge in [0.05, 0.1) is 6.10 Å². The van der Waals surface area contributed by atoms with E-state index < -0.39 is 0 Å². The van der Waals surface area contributed by atoms with Crippen molar-refractivity contribution in [3.05, 3.63) is 98.7 Å². The number of nitrogens with zero attached hydrogens (tertiary/aromatic N) is 3. The average molecular weight is 672 g/mol. The Bertz CT molecular complexity index is 1740. The molecule has 0 unspecified atom stereocenters. The lowest BCUT2D eigenvalue weighted by molar-refractivity contribution is -0.127. The van der Waals surface area contributed by atoms with Crippen LogP contribution in [0, 0.1) is 26.6 Å². The predicted octanol–water partition coefficient (Wildman–Crippen LogP) is 5.65. The summed E-state index contributed by atoms with van der Waals surface area (Å²) in [4.78, 5) is 48.0. The minimum Gasteiger partial charge on any atom is -0.381 e. The maximum atomic E-state index is 15.7. The number of halogens is 1. The molecule has 10 heteroatoms. The van der Waals surface area contributed by atoms with Gasteiger partial charge in [0.25, 0.3) is 11.5 Å². The van der Waals surface area contributed by atoms with Crippen molar-refractivity contribution >= 4 is 17.5 Å². The monoisotopic (exact) mass is 671 g/mol. The average Bonchev–Trinajstić information content (AvgIpc) is 3.09. The first kappa shape index (κ1) is 36.0. The largest absolute Gasteiger partial charge is 0.381 e. The molecule has 49 heavy (non-hydrogen) atoms. The highest BCUT2D eigenvalue weighted by atomic mass is 19.1. The van der Waals surface area contributed by atoms with Gasteiger partial charge in [-0.15, -0.1) is 0 Å². The number of anilines is 1. The van der Waals surface area contributed by atoms with Gasteiger partial charge in [0.2, 0.25) is 5.91 Å². The van der Waals surface area contributed by atoms with Crippen LogP contribution in [0.1, 0.15) is 70.9 Å². The van der Waals surface area contributed by atoms with Crippen molar-refractivity contribution in [1.29, 1.82) is 0 Å². The second-order valence-corrected chi connectivity index (χ2v) is 13.4. The van der Waals surface area contributed by atoms with Crippen LogP contribution in [0.4, 0.5) is 10.1 Å². The van der Waals surface area contributed by atoms with Crippen LogP contribution in [0.5, 0.6) is 0 Å². The Hall–Kier alpha value is -4.28. The molecule has 1 aromatic heterocycles. The summed E-state index contributed by atoms with van der Waals surface area (Å²) >= 11 is 0. The van der Waals surface area contributed by atoms with Gasteiger partial charge in [-0.1, -0.05) is 18.7 Å². The summed E-state index contributed by atoms with van der Waals surface area (Å²) in [6.45, 7) is 15.6. The second-order valence-electron chi connectivity index (χ2n) is 13.4. The van der Waals surface area contributed by atoms with Gasteiger partial charge in [-0.3, -0.25) is 19.3 Å². The highest BCUT2D eigenvalue weighted by molar-refractivity contribution is 5.99. The molecule has 0 bridgehead atoms. The van der Waals surface area contributed by atoms with Crippen LogP contribution in [0.3, 0.4) is 0 Å². The van der Waals surface area contributed by atoms with Crippen molar-refractivity contribution in [2.75, 3.05) is 44.7 Å². The van der Waals surface area contributed by atoms with Crippen molar-refractivity contribution in [2.45, 2.75) is 78.6 Å². The summed E-state index contributed by atoms with van der Waals surface area (Å²) < 4.78 is 21.2. The third kappa shape index (κ3) is 8.31. The van der Waals surface area contributed by atoms with E-state index in [1.54, 1.807) is 13.2 Å². The molecule has 3 heterocycles. The zero-order valence-electron chi connectivity index (χ0n) is 29.5. The first-order valence-corrected chi connectivity index (χ1v) is 17.4. The third-order valence-corrected chi connectivity index (χ3v) is 10.2. The number of H-pyrrole nitrogens is 1. The van der Waals surface area contributed by atoms with E-state index in [1.165, 1.54) is 6.08 Å². The summed E-state index contributed by atoms with van der Waals surface area (Å²) in [5, 5.41) is 2.98. The molecule has 0 saturated carbocycles. The minimum atomic E-state index is -0.306. The van der Waals surface area contributed by atoms with Crippen LogP contribution in [0.15, 0.2) is 53.8 Å². The van der Waals surface area contributed by atoms with Gasteiger partial charge in [0, 0.05) is 87.0 Å². The number of hydrogen-bond acceptors (Lipinski definition) is 6. The highest BCUT2D eigenvalue weighted by Gasteiger charge is 2.28. The molecule has 2 amide bonds. The lowest BCUT2D eigenvalue weighted by Gasteiger charge is -2.40. The van der Waals surface area contributed by atoms with E-state index in [0.29, 0.717) is 48.4 Å². The molecule has 2 aliphatic heterocycles. The first-order chi connectivity index (χ1) is 23.5. The van der Waals surface area contributed by atoms with E-state index in [9.17, 15) is 14.4 Å². The van der Waals surface area contributed by atoms with Crippen LogP contribution in [-0.4, -0.2) is 78.6 Å². The van der Waals surface area contributed by atoms with Crippen LogP contribution in [0.25, 0.3) is 11.1 Å². The molecule has 0 radical (unpaired) electrons. The van der Waals surface area contributed by atoms with Crippen molar-refractivity contribution < 1.29 is 18.7 Å². The Kier molecular flexibility index (Phi) is 11.7. The van der Waals surface area contributed by atoms with E-state index in [0.717, 1.165) is 66.8 Å². The molecule has 3 aromatic rings. The summed E-state index contributed by atoms with van der Waals surface area (Å²) in [6, 6.07) is 11.3. The molecule has 262 valence electrons. The van der Waals surface area contributed by atoms with Gasteiger partial charge in [0.15, 0.2) is 0 Å². The van der Waals surface area contributed by atoms with E-state index in [4.69, 9.17) is 4.74 Å². The number of aromatic amines is 1. The molecule has 9 nitrogen and oxygen atoms in total. The number of pyridine rings is 1. The van der Waals surface area contributed by atoms with Crippen LogP contribution in [-0.2, 0) is 22.6 Å². The van der Waals surface area contributed by atoms with E-state index in [-0.39, 0.29) is 41.9 Å². The molecule has 5 rings (SSSR count). The maximum absolute atomic E-state index is 15.7. The first-order valence-electron chi connectivity index (χ1n) is 17.4. The van der Waals surface area contributed by atoms with Crippen LogP contribution >= 0.6 is 0 Å². The standard InChI is InChI=1S/C39H50FN5O4/c1-7-37(46)44-17-11-31(12-18-44)45(8-2)36-22-30(28-9-10-29(35(40)21-28)24-43-15-13-32(49-6)14-16-43)20-33(27(36)5)38(47)41-23-34-25(3)19-26(4)42-39(34)48/h7,9-10,19-22,31-32H,1,8,11-18,23-24H2,2-6H3,(H,41,47)(H,42,48). The number of aryl methyl sites for hydroxylation is 2. The number of piperidine rings is 2. The number of hydrogen-bond donors (Lipinski definition) is 2. The minimum absolute atomic E-state index is 0.0637. The van der Waals surface area contributed by atoms with E-state index in [2.05, 4.69) is 39.7 Å². The number of rotatable bonds is 11. The van der Waals surface area contributed by atoms with Crippen molar-refractivity contribution in [3.63, 3.8) is 0 Å². The summed E-state index contributed by atoms with van der Waals surface area (Å²) in [5.41, 5.74) is 6.09. The Morgan fingerprint density at radius 1 is 1.04 bits per heavy atom. The van der Waals surface area contributed by atoms with Gasteiger partial charge in [-0.25, -0.2) is 4.39 Å². The van der Waals surface area contributed by atoms with Gasteiger partial charge in [-0.05, 0) is 106 Å². The number of benzene rings is 2. The number of nitrogens with one attached hydrogen (secondary N) is 2. The molecule has 2 saturated heterocycles. The van der Waals surface area contributed by atoms with E-state index in [1.807, 2.05) is 49.9 Å². The molecule has 2 fully saturated rings. The molecule has 0 spiro atoms. The SMILES string of the molecule is C=CC(=O)N1CCC(N(CC)c2cc(-c3ccc(CN4CCC(OC)CC4)c(F)c3)cc(C(=O)NCc3c(C)cc(C)[nH]c3=O)c2C)CC1. The topological polar surface area (TPSA) is 98.0 Å². The van der Waals surface area contributed by atoms with Crippen molar-refractivity contribution in [2.24, 2.45) is 0 Å². The zero-order chi connectivity index (χ0) is 35.2. The quantitative estimate of drug-likeness (QED) is 0.256. The van der Waals surface area contributed by atoms with Gasteiger partial charge < -0.3 is 24.8 Å². The molecule has 0 aliphatic carbocycles. The molecule has 2 aromatic carbocycles. The van der Waals surface area contributed by atoms with Crippen LogP contribution in [0.2, 0.25) is 0 Å². The fourth-order valence-corrected chi connectivity index (χ4v) is 7.32. The highest BCUT2D eigenvalue weighted by Crippen LogP contribution is 2.35. The fraction of sp³-hybridized carbons (Fsp3) is 0.462. The normalized spacial score (nSPS) is 16.1. The summed E-state index contributed by atoms with van der Waals surface area (Å²) in [5.74, 6) is -0.648. The lowest BCUT2D eigenvalue weighted by atomic mass is 9.94. The van der Waals surface area contributed by atoms with E-state index >= 15 is 4.39 Å². The summed E-state index contributed by atoms with van der Waals surface area (Å²) in [6.07, 6.45) is 5.04. The van der Waals surface area contributed by atoms with Gasteiger partial charge in [-0.2, -0.15) is 0 Å². The fourth-order valence-electron chi connectivity index (χ4n) is 7.32. The zero-order valence-corrected chi connectivity index (χ0v) is 29.5. The van der Waals surface area contributed by atoms with Crippen LogP contribution < -0.4 is 15.8 Å². The Morgan fingerprint density at radius 3 is 2.37 bits per heavy atom. The number of likely N-dealkylation sites (tertiary alicyclic amines) is 2. The summed E-state index contributed by atoms with van der Waals surface area (Å²) in [7, 11) is 1.74. The van der Waals surface area contributed by atoms with Gasteiger partial charge in [0.1, 0.15) is 5.82 Å². The van der Waals surface area contributed by atoms with Crippen molar-refractivity contribution in [3.8, 4) is 11.1 Å². The second kappa shape index (κ2) is 16.0. The molecule has 0 atom stereocenters. The predicted molar refractivity (Wildman–Crippen MR) is 192 cm³/mol. The lowest BCUT2D eigenvalue weighted by Crippen LogP contribution is -2.46. The molecule has 2 aliphatic rings. The smallest absolute Gasteiger partial charge is 0.253 e. The number of carbonyl (C=O) groups excluding carboxylic acids is 2. The number of methoxy groups -OCH3 is 1. The van der Waals surface area contributed by atoms with Crippen molar-refractivity contribution in [1.82, 2.24) is 20.1 Å². The Balaban J connectivity index is 1.46. The number of aromatic nitrogens is 1. The number of amides is 2. The third-order valence-electron chi connectivity index (χ3n) is 10.2.